The number of hydrogen-bond donors (Lipinski definition) is 1. The molecule has 0 aromatic heterocycles. The van der Waals surface area contributed by atoms with Gasteiger partial charge >= 0.3 is 0 Å². The summed E-state index contributed by atoms with van der Waals surface area (Å²) in [6.45, 7) is 10.7. The third-order valence-corrected chi connectivity index (χ3v) is 7.78. The molecule has 0 fully saturated rings. The number of carbonyl (C=O) groups excluding carboxylic acids is 2. The minimum Gasteiger partial charge on any atom is -0.490 e. The smallest absolute Gasteiger partial charge is 0.230 e. The molecule has 3 aromatic carbocycles. The van der Waals surface area contributed by atoms with Crippen molar-refractivity contribution < 1.29 is 19.1 Å². The van der Waals surface area contributed by atoms with Gasteiger partial charge in [-0.05, 0) is 66.3 Å². The summed E-state index contributed by atoms with van der Waals surface area (Å²) >= 11 is 6.04. The number of Topliss-reactive ketones (excluding diaryl/α,β-unsaturated/α-hetero) is 1. The summed E-state index contributed by atoms with van der Waals surface area (Å²) in [5, 5.41) is 4.23. The van der Waals surface area contributed by atoms with Crippen LogP contribution >= 0.6 is 11.6 Å². The number of carbonyl (C=O) groups is 2. The zero-order valence-corrected chi connectivity index (χ0v) is 25.0. The van der Waals surface area contributed by atoms with Crippen LogP contribution in [0.5, 0.6) is 11.5 Å². The van der Waals surface area contributed by atoms with Crippen molar-refractivity contribution in [3.63, 3.8) is 0 Å². The fourth-order valence-corrected chi connectivity index (χ4v) is 5.77. The van der Waals surface area contributed by atoms with E-state index in [0.29, 0.717) is 48.2 Å². The topological polar surface area (TPSA) is 67.9 Å². The summed E-state index contributed by atoms with van der Waals surface area (Å²) in [6.07, 6.45) is 1.11. The lowest BCUT2D eigenvalue weighted by Crippen LogP contribution is -2.41. The van der Waals surface area contributed by atoms with Crippen molar-refractivity contribution >= 4 is 34.7 Å². The van der Waals surface area contributed by atoms with Crippen molar-refractivity contribution in [1.29, 1.82) is 0 Å². The van der Waals surface area contributed by atoms with E-state index in [1.807, 2.05) is 87.5 Å². The third-order valence-electron chi connectivity index (χ3n) is 7.52. The van der Waals surface area contributed by atoms with Crippen LogP contribution in [0, 0.1) is 11.3 Å². The van der Waals surface area contributed by atoms with Gasteiger partial charge in [0.2, 0.25) is 5.91 Å². The van der Waals surface area contributed by atoms with Gasteiger partial charge in [-0.2, -0.15) is 0 Å². The molecule has 0 saturated carbocycles. The van der Waals surface area contributed by atoms with Crippen LogP contribution < -0.4 is 19.7 Å². The molecule has 3 aromatic rings. The van der Waals surface area contributed by atoms with Crippen LogP contribution in [0.1, 0.15) is 64.6 Å². The van der Waals surface area contributed by atoms with Gasteiger partial charge < -0.3 is 14.8 Å². The molecule has 1 N–H and O–H groups in total. The van der Waals surface area contributed by atoms with Gasteiger partial charge in [-0.15, -0.1) is 0 Å². The Labute approximate surface area is 247 Å². The number of rotatable bonds is 7. The standard InChI is InChI=1S/C34H37ClN2O4/c1-6-40-30-17-23(13-16-29(30)41-20-22-11-14-24(35)15-12-22)32-31-26(18-34(4,5)19-28(31)38)36-25-9-7-8-10-27(25)37(32)33(39)21(2)3/h7-17,21,32,36H,6,18-20H2,1-5H3/t32-/m0/s1. The van der Waals surface area contributed by atoms with E-state index in [1.165, 1.54) is 0 Å². The van der Waals surface area contributed by atoms with Gasteiger partial charge in [-0.25, -0.2) is 0 Å². The monoisotopic (exact) mass is 572 g/mol. The number of benzene rings is 3. The molecule has 6 nitrogen and oxygen atoms in total. The second kappa shape index (κ2) is 11.6. The largest absolute Gasteiger partial charge is 0.490 e. The summed E-state index contributed by atoms with van der Waals surface area (Å²) in [4.78, 5) is 29.7. The molecule has 5 rings (SSSR count). The van der Waals surface area contributed by atoms with Crippen LogP contribution in [0.2, 0.25) is 5.02 Å². The number of hydrogen-bond acceptors (Lipinski definition) is 5. The highest BCUT2D eigenvalue weighted by Gasteiger charge is 2.43. The molecule has 1 atom stereocenters. The number of amides is 1. The van der Waals surface area contributed by atoms with E-state index in [1.54, 1.807) is 4.90 Å². The van der Waals surface area contributed by atoms with Crippen LogP contribution in [0.4, 0.5) is 11.4 Å². The van der Waals surface area contributed by atoms with E-state index in [9.17, 15) is 9.59 Å². The molecule has 0 radical (unpaired) electrons. The second-order valence-electron chi connectivity index (χ2n) is 11.8. The van der Waals surface area contributed by atoms with Crippen molar-refractivity contribution in [2.24, 2.45) is 11.3 Å². The quantitative estimate of drug-likeness (QED) is 0.310. The number of nitrogens with one attached hydrogen (secondary N) is 1. The Kier molecular flexibility index (Phi) is 8.14. The number of anilines is 2. The molecule has 41 heavy (non-hydrogen) atoms. The Morgan fingerprint density at radius 2 is 1.76 bits per heavy atom. The van der Waals surface area contributed by atoms with Gasteiger partial charge in [0.05, 0.1) is 24.0 Å². The predicted molar refractivity (Wildman–Crippen MR) is 164 cm³/mol. The van der Waals surface area contributed by atoms with E-state index in [4.69, 9.17) is 21.1 Å². The fraction of sp³-hybridized carbons (Fsp3) is 0.353. The summed E-state index contributed by atoms with van der Waals surface area (Å²) in [5.74, 6) is 0.855. The van der Waals surface area contributed by atoms with Crippen LogP contribution in [0.15, 0.2) is 78.0 Å². The Balaban J connectivity index is 1.64. The molecular weight excluding hydrogens is 536 g/mol. The predicted octanol–water partition coefficient (Wildman–Crippen LogP) is 8.12. The Bertz CT molecular complexity index is 1490. The molecule has 0 bridgehead atoms. The van der Waals surface area contributed by atoms with Gasteiger partial charge in [-0.1, -0.05) is 69.6 Å². The molecular formula is C34H37ClN2O4. The van der Waals surface area contributed by atoms with Gasteiger partial charge in [0, 0.05) is 28.6 Å². The van der Waals surface area contributed by atoms with Crippen molar-refractivity contribution in [3.8, 4) is 11.5 Å². The number of ketones is 1. The van der Waals surface area contributed by atoms with Crippen LogP contribution in [0.25, 0.3) is 0 Å². The second-order valence-corrected chi connectivity index (χ2v) is 12.2. The van der Waals surface area contributed by atoms with Crippen molar-refractivity contribution in [2.45, 2.75) is 60.1 Å². The highest BCUT2D eigenvalue weighted by molar-refractivity contribution is 6.30. The molecule has 0 saturated heterocycles. The maximum atomic E-state index is 14.0. The van der Waals surface area contributed by atoms with E-state index < -0.39 is 6.04 Å². The zero-order chi connectivity index (χ0) is 29.3. The first-order valence-electron chi connectivity index (χ1n) is 14.2. The molecule has 1 amide bonds. The lowest BCUT2D eigenvalue weighted by atomic mass is 9.73. The fourth-order valence-electron chi connectivity index (χ4n) is 5.65. The Morgan fingerprint density at radius 3 is 2.46 bits per heavy atom. The number of para-hydroxylation sites is 2. The SMILES string of the molecule is CCOc1cc([C@H]2C3=C(CC(C)(C)CC3=O)Nc3ccccc3N2C(=O)C(C)C)ccc1OCc1ccc(Cl)cc1. The Hall–Kier alpha value is -3.77. The number of fused-ring (bicyclic) bond motifs is 1. The number of halogens is 1. The lowest BCUT2D eigenvalue weighted by molar-refractivity contribution is -0.122. The molecule has 214 valence electrons. The van der Waals surface area contributed by atoms with E-state index in [0.717, 1.165) is 28.2 Å². The van der Waals surface area contributed by atoms with Crippen LogP contribution in [0.3, 0.4) is 0 Å². The highest BCUT2D eigenvalue weighted by atomic mass is 35.5. The third kappa shape index (κ3) is 5.98. The number of allylic oxidation sites excluding steroid dienone is 1. The zero-order valence-electron chi connectivity index (χ0n) is 24.3. The number of nitrogens with zero attached hydrogens (tertiary/aromatic N) is 1. The van der Waals surface area contributed by atoms with Gasteiger partial charge in [0.1, 0.15) is 6.61 Å². The molecule has 1 aliphatic carbocycles. The average molecular weight is 573 g/mol. The van der Waals surface area contributed by atoms with Crippen molar-refractivity contribution in [2.75, 3.05) is 16.8 Å². The average Bonchev–Trinajstić information content (AvgIpc) is 3.06. The molecule has 1 aliphatic heterocycles. The summed E-state index contributed by atoms with van der Waals surface area (Å²) in [5.41, 5.74) is 4.63. The van der Waals surface area contributed by atoms with E-state index in [2.05, 4.69) is 19.2 Å². The van der Waals surface area contributed by atoms with Crippen molar-refractivity contribution in [3.05, 3.63) is 94.1 Å². The Morgan fingerprint density at radius 1 is 1.02 bits per heavy atom. The highest BCUT2D eigenvalue weighted by Crippen LogP contribution is 2.49. The van der Waals surface area contributed by atoms with Gasteiger partial charge in [0.15, 0.2) is 17.3 Å². The first-order chi connectivity index (χ1) is 19.6. The summed E-state index contributed by atoms with van der Waals surface area (Å²) < 4.78 is 12.2. The van der Waals surface area contributed by atoms with Crippen LogP contribution in [-0.4, -0.2) is 18.3 Å². The normalized spacial score (nSPS) is 17.9. The lowest BCUT2D eigenvalue weighted by Gasteiger charge is -2.37. The summed E-state index contributed by atoms with van der Waals surface area (Å²) in [6, 6.07) is 20.4. The minimum atomic E-state index is -0.621. The molecule has 2 aliphatic rings. The first-order valence-corrected chi connectivity index (χ1v) is 14.5. The van der Waals surface area contributed by atoms with Gasteiger partial charge in [-0.3, -0.25) is 14.5 Å². The molecule has 0 unspecified atom stereocenters. The van der Waals surface area contributed by atoms with Crippen molar-refractivity contribution in [1.82, 2.24) is 0 Å². The minimum absolute atomic E-state index is 0.0455. The summed E-state index contributed by atoms with van der Waals surface area (Å²) in [7, 11) is 0. The number of ether oxygens (including phenoxy) is 2. The molecule has 1 heterocycles. The molecule has 0 spiro atoms. The first kappa shape index (κ1) is 28.7. The maximum Gasteiger partial charge on any atom is 0.230 e. The molecule has 7 heteroatoms. The van der Waals surface area contributed by atoms with E-state index >= 15 is 0 Å². The van der Waals surface area contributed by atoms with Gasteiger partial charge in [0.25, 0.3) is 0 Å². The maximum absolute atomic E-state index is 14.0. The van der Waals surface area contributed by atoms with E-state index in [-0.39, 0.29) is 23.0 Å². The van der Waals surface area contributed by atoms with Crippen LogP contribution in [-0.2, 0) is 16.2 Å².